The molecule has 0 unspecified atom stereocenters. The zero-order chi connectivity index (χ0) is 19.5. The summed E-state index contributed by atoms with van der Waals surface area (Å²) in [5, 5.41) is 11.3. The quantitative estimate of drug-likeness (QED) is 0.166. The molecule has 2 rings (SSSR count). The van der Waals surface area contributed by atoms with E-state index in [9.17, 15) is 0 Å². The highest BCUT2D eigenvalue weighted by atomic mass is 127. The van der Waals surface area contributed by atoms with Gasteiger partial charge >= 0.3 is 0 Å². The van der Waals surface area contributed by atoms with E-state index in [2.05, 4.69) is 53.8 Å². The standard InChI is InChI=1S/C20H31N5OS.HI/c1-5-21-20(22-11-14-27-18-9-7-6-8-10-18)23-15-19-16(2)24-25(17(19)3)12-13-26-4;/h6-10H,5,11-15H2,1-4H3,(H2,21,22,23);1H. The highest BCUT2D eigenvalue weighted by Gasteiger charge is 2.11. The number of hydrogen-bond acceptors (Lipinski definition) is 4. The lowest BCUT2D eigenvalue weighted by atomic mass is 10.2. The van der Waals surface area contributed by atoms with Gasteiger partial charge in [0.15, 0.2) is 5.96 Å². The largest absolute Gasteiger partial charge is 0.383 e. The lowest BCUT2D eigenvalue weighted by molar-refractivity contribution is 0.182. The fourth-order valence-electron chi connectivity index (χ4n) is 2.71. The van der Waals surface area contributed by atoms with E-state index in [1.165, 1.54) is 10.5 Å². The summed E-state index contributed by atoms with van der Waals surface area (Å²) >= 11 is 1.84. The Hall–Kier alpha value is -1.26. The molecule has 28 heavy (non-hydrogen) atoms. The number of benzene rings is 1. The molecule has 0 amide bonds. The second-order valence-corrected chi connectivity index (χ2v) is 7.32. The minimum absolute atomic E-state index is 0. The Balaban J connectivity index is 0.00000392. The van der Waals surface area contributed by atoms with E-state index < -0.39 is 0 Å². The maximum atomic E-state index is 5.16. The summed E-state index contributed by atoms with van der Waals surface area (Å²) in [6.45, 7) is 9.95. The summed E-state index contributed by atoms with van der Waals surface area (Å²) in [5.41, 5.74) is 3.37. The molecule has 8 heteroatoms. The summed E-state index contributed by atoms with van der Waals surface area (Å²) in [7, 11) is 1.71. The Morgan fingerprint density at radius 2 is 1.96 bits per heavy atom. The van der Waals surface area contributed by atoms with Crippen LogP contribution in [0.15, 0.2) is 40.2 Å². The van der Waals surface area contributed by atoms with Gasteiger partial charge in [0, 0.05) is 42.1 Å². The van der Waals surface area contributed by atoms with Crippen LogP contribution < -0.4 is 10.6 Å². The van der Waals surface area contributed by atoms with E-state index in [1.54, 1.807) is 7.11 Å². The van der Waals surface area contributed by atoms with Crippen molar-refractivity contribution in [3.63, 3.8) is 0 Å². The van der Waals surface area contributed by atoms with Gasteiger partial charge in [0.1, 0.15) is 0 Å². The Kier molecular flexibility index (Phi) is 12.2. The number of nitrogens with one attached hydrogen (secondary N) is 2. The fraction of sp³-hybridized carbons (Fsp3) is 0.500. The van der Waals surface area contributed by atoms with Gasteiger partial charge in [-0.05, 0) is 32.9 Å². The molecule has 0 aliphatic carbocycles. The van der Waals surface area contributed by atoms with Crippen molar-refractivity contribution in [2.24, 2.45) is 4.99 Å². The van der Waals surface area contributed by atoms with Crippen LogP contribution >= 0.6 is 35.7 Å². The number of thioether (sulfide) groups is 1. The number of ether oxygens (including phenoxy) is 1. The molecule has 0 atom stereocenters. The first kappa shape index (κ1) is 24.8. The lowest BCUT2D eigenvalue weighted by Gasteiger charge is -2.11. The zero-order valence-corrected chi connectivity index (χ0v) is 20.3. The second kappa shape index (κ2) is 13.8. The van der Waals surface area contributed by atoms with Gasteiger partial charge in [0.2, 0.25) is 0 Å². The summed E-state index contributed by atoms with van der Waals surface area (Å²) in [5.74, 6) is 1.83. The molecular formula is C20H32IN5OS. The van der Waals surface area contributed by atoms with Crippen LogP contribution in [0, 0.1) is 13.8 Å². The van der Waals surface area contributed by atoms with Crippen LogP contribution in [0.3, 0.4) is 0 Å². The molecule has 0 saturated heterocycles. The number of aromatic nitrogens is 2. The summed E-state index contributed by atoms with van der Waals surface area (Å²) in [4.78, 5) is 6.03. The van der Waals surface area contributed by atoms with Crippen molar-refractivity contribution in [3.8, 4) is 0 Å². The molecule has 2 N–H and O–H groups in total. The Labute approximate surface area is 189 Å². The topological polar surface area (TPSA) is 63.5 Å². The zero-order valence-electron chi connectivity index (χ0n) is 17.2. The molecule has 0 bridgehead atoms. The van der Waals surface area contributed by atoms with Crippen molar-refractivity contribution >= 4 is 41.7 Å². The number of methoxy groups -OCH3 is 1. The number of guanidine groups is 1. The minimum Gasteiger partial charge on any atom is -0.383 e. The maximum absolute atomic E-state index is 5.16. The third-order valence-electron chi connectivity index (χ3n) is 4.18. The van der Waals surface area contributed by atoms with E-state index in [4.69, 9.17) is 9.73 Å². The third kappa shape index (κ3) is 8.00. The highest BCUT2D eigenvalue weighted by molar-refractivity contribution is 14.0. The van der Waals surface area contributed by atoms with Crippen molar-refractivity contribution in [3.05, 3.63) is 47.3 Å². The molecule has 0 aliphatic rings. The van der Waals surface area contributed by atoms with Crippen LogP contribution in [0.2, 0.25) is 0 Å². The molecule has 156 valence electrons. The molecule has 0 spiro atoms. The first-order valence-electron chi connectivity index (χ1n) is 9.37. The average molecular weight is 517 g/mol. The molecule has 0 fully saturated rings. The molecule has 0 aliphatic heterocycles. The average Bonchev–Trinajstić information content (AvgIpc) is 2.95. The Morgan fingerprint density at radius 1 is 1.21 bits per heavy atom. The smallest absolute Gasteiger partial charge is 0.191 e. The van der Waals surface area contributed by atoms with Crippen molar-refractivity contribution in [1.82, 2.24) is 20.4 Å². The molecular weight excluding hydrogens is 485 g/mol. The van der Waals surface area contributed by atoms with E-state index in [1.807, 2.05) is 29.4 Å². The second-order valence-electron chi connectivity index (χ2n) is 6.15. The maximum Gasteiger partial charge on any atom is 0.191 e. The molecule has 6 nitrogen and oxygen atoms in total. The van der Waals surface area contributed by atoms with E-state index >= 15 is 0 Å². The van der Waals surface area contributed by atoms with Crippen LogP contribution in [0.5, 0.6) is 0 Å². The van der Waals surface area contributed by atoms with Gasteiger partial charge in [0.25, 0.3) is 0 Å². The molecule has 1 heterocycles. The van der Waals surface area contributed by atoms with Gasteiger partial charge < -0.3 is 15.4 Å². The highest BCUT2D eigenvalue weighted by Crippen LogP contribution is 2.16. The van der Waals surface area contributed by atoms with Gasteiger partial charge in [-0.3, -0.25) is 4.68 Å². The van der Waals surface area contributed by atoms with Gasteiger partial charge in [0.05, 0.1) is 25.4 Å². The lowest BCUT2D eigenvalue weighted by Crippen LogP contribution is -2.38. The van der Waals surface area contributed by atoms with Crippen LogP contribution in [0.25, 0.3) is 0 Å². The summed E-state index contributed by atoms with van der Waals surface area (Å²) in [6.07, 6.45) is 0. The number of nitrogens with zero attached hydrogens (tertiary/aromatic N) is 3. The number of aryl methyl sites for hydroxylation is 1. The van der Waals surface area contributed by atoms with E-state index in [-0.39, 0.29) is 24.0 Å². The summed E-state index contributed by atoms with van der Waals surface area (Å²) < 4.78 is 7.16. The normalized spacial score (nSPS) is 11.2. The number of halogens is 1. The number of rotatable bonds is 10. The predicted molar refractivity (Wildman–Crippen MR) is 129 cm³/mol. The van der Waals surface area contributed by atoms with Gasteiger partial charge in [-0.2, -0.15) is 5.10 Å². The van der Waals surface area contributed by atoms with Crippen LogP contribution in [0.4, 0.5) is 0 Å². The van der Waals surface area contributed by atoms with E-state index in [0.717, 1.165) is 42.7 Å². The van der Waals surface area contributed by atoms with E-state index in [0.29, 0.717) is 13.2 Å². The van der Waals surface area contributed by atoms with Gasteiger partial charge in [-0.15, -0.1) is 35.7 Å². The van der Waals surface area contributed by atoms with Crippen LogP contribution in [-0.4, -0.2) is 48.3 Å². The van der Waals surface area contributed by atoms with Crippen molar-refractivity contribution in [1.29, 1.82) is 0 Å². The van der Waals surface area contributed by atoms with Gasteiger partial charge in [-0.1, -0.05) is 18.2 Å². The number of aliphatic imine (C=N–C) groups is 1. The van der Waals surface area contributed by atoms with Crippen molar-refractivity contribution in [2.75, 3.05) is 32.6 Å². The first-order valence-corrected chi connectivity index (χ1v) is 10.4. The van der Waals surface area contributed by atoms with Gasteiger partial charge in [-0.25, -0.2) is 4.99 Å². The molecule has 0 radical (unpaired) electrons. The minimum atomic E-state index is 0. The predicted octanol–water partition coefficient (Wildman–Crippen LogP) is 3.61. The Bertz CT molecular complexity index is 721. The summed E-state index contributed by atoms with van der Waals surface area (Å²) in [6, 6.07) is 10.4. The molecule has 2 aromatic rings. The molecule has 1 aromatic carbocycles. The van der Waals surface area contributed by atoms with Crippen molar-refractivity contribution in [2.45, 2.75) is 38.8 Å². The first-order chi connectivity index (χ1) is 13.2. The number of hydrogen-bond donors (Lipinski definition) is 2. The molecule has 1 aromatic heterocycles. The monoisotopic (exact) mass is 517 g/mol. The Morgan fingerprint density at radius 3 is 2.64 bits per heavy atom. The third-order valence-corrected chi connectivity index (χ3v) is 5.20. The van der Waals surface area contributed by atoms with Crippen molar-refractivity contribution < 1.29 is 4.74 Å². The van der Waals surface area contributed by atoms with Crippen LogP contribution in [0.1, 0.15) is 23.9 Å². The SMILES string of the molecule is CCNC(=NCc1c(C)nn(CCOC)c1C)NCCSc1ccccc1.I. The fourth-order valence-corrected chi connectivity index (χ4v) is 3.50. The van der Waals surface area contributed by atoms with Crippen LogP contribution in [-0.2, 0) is 17.8 Å². The molecule has 0 saturated carbocycles.